The van der Waals surface area contributed by atoms with E-state index in [0.717, 1.165) is 18.4 Å². The summed E-state index contributed by atoms with van der Waals surface area (Å²) in [6.07, 6.45) is 6.58. The Morgan fingerprint density at radius 1 is 1.16 bits per heavy atom. The molecule has 1 aliphatic carbocycles. The lowest BCUT2D eigenvalue weighted by Gasteiger charge is -2.17. The van der Waals surface area contributed by atoms with Gasteiger partial charge in [-0.3, -0.25) is 0 Å². The third-order valence-electron chi connectivity index (χ3n) is 6.45. The second-order valence-corrected chi connectivity index (χ2v) is 9.13. The number of nitrogens with one attached hydrogen (secondary N) is 1. The molecule has 1 N–H and O–H groups in total. The quantitative estimate of drug-likeness (QED) is 0.456. The van der Waals surface area contributed by atoms with Gasteiger partial charge in [-0.2, -0.15) is 0 Å². The fourth-order valence-corrected chi connectivity index (χ4v) is 4.60. The Balaban J connectivity index is 1.30. The second-order valence-electron chi connectivity index (χ2n) is 8.72. The van der Waals surface area contributed by atoms with Gasteiger partial charge in [0.25, 0.3) is 0 Å². The first-order valence-electron chi connectivity index (χ1n) is 11.0. The summed E-state index contributed by atoms with van der Waals surface area (Å²) in [7, 11) is 1.62. The highest BCUT2D eigenvalue weighted by atomic mass is 35.5. The number of hydrogen-bond donors (Lipinski definition) is 1. The number of benzene rings is 2. The minimum absolute atomic E-state index is 0.0460. The maximum absolute atomic E-state index is 13.5. The minimum atomic E-state index is -0.466. The molecule has 5 rings (SSSR count). The van der Waals surface area contributed by atoms with E-state index in [1.165, 1.54) is 50.8 Å². The van der Waals surface area contributed by atoms with Crippen molar-refractivity contribution in [1.82, 2.24) is 14.9 Å². The van der Waals surface area contributed by atoms with Crippen molar-refractivity contribution < 1.29 is 13.9 Å². The maximum atomic E-state index is 13.5. The first-order valence-corrected chi connectivity index (χ1v) is 11.3. The summed E-state index contributed by atoms with van der Waals surface area (Å²) in [5, 5.41) is 4.02. The molecular weight excluding hydrogens is 431 g/mol. The van der Waals surface area contributed by atoms with Gasteiger partial charge < -0.3 is 19.7 Å². The number of ether oxygens (including phenoxy) is 2. The van der Waals surface area contributed by atoms with Crippen LogP contribution in [0.15, 0.2) is 36.7 Å². The summed E-state index contributed by atoms with van der Waals surface area (Å²) in [5.74, 6) is 1.39. The van der Waals surface area contributed by atoms with Crippen molar-refractivity contribution in [1.29, 1.82) is 0 Å². The lowest BCUT2D eigenvalue weighted by Crippen LogP contribution is -2.23. The van der Waals surface area contributed by atoms with E-state index in [0.29, 0.717) is 40.5 Å². The number of rotatable bonds is 8. The molecule has 1 saturated carbocycles. The van der Waals surface area contributed by atoms with E-state index in [4.69, 9.17) is 21.1 Å². The Bertz CT molecular complexity index is 1140. The molecular formula is C24H26ClFN4O2. The number of aromatic nitrogens is 2. The second kappa shape index (κ2) is 8.71. The zero-order chi connectivity index (χ0) is 22.1. The van der Waals surface area contributed by atoms with Crippen molar-refractivity contribution in [3.8, 4) is 11.5 Å². The van der Waals surface area contributed by atoms with Crippen LogP contribution < -0.4 is 14.8 Å². The van der Waals surface area contributed by atoms with Gasteiger partial charge in [-0.1, -0.05) is 11.6 Å². The van der Waals surface area contributed by atoms with E-state index in [9.17, 15) is 4.39 Å². The lowest BCUT2D eigenvalue weighted by molar-refractivity contribution is 0.249. The van der Waals surface area contributed by atoms with E-state index in [1.54, 1.807) is 13.2 Å². The Morgan fingerprint density at radius 2 is 2.03 bits per heavy atom. The fraction of sp³-hybridized carbons (Fsp3) is 0.417. The van der Waals surface area contributed by atoms with Crippen LogP contribution in [0.4, 0.5) is 15.9 Å². The molecule has 0 bridgehead atoms. The molecule has 3 aromatic rings. The highest BCUT2D eigenvalue weighted by Crippen LogP contribution is 2.52. The van der Waals surface area contributed by atoms with Gasteiger partial charge in [0.2, 0.25) is 0 Å². The smallest absolute Gasteiger partial charge is 0.162 e. The molecule has 6 nitrogen and oxygen atoms in total. The number of halogens is 2. The number of hydrogen-bond acceptors (Lipinski definition) is 6. The van der Waals surface area contributed by atoms with Gasteiger partial charge in [0.1, 0.15) is 18.0 Å². The predicted octanol–water partition coefficient (Wildman–Crippen LogP) is 5.43. The van der Waals surface area contributed by atoms with E-state index in [2.05, 4.69) is 20.2 Å². The third kappa shape index (κ3) is 4.45. The molecule has 1 spiro atoms. The van der Waals surface area contributed by atoms with E-state index < -0.39 is 5.82 Å². The maximum Gasteiger partial charge on any atom is 0.162 e. The Labute approximate surface area is 191 Å². The van der Waals surface area contributed by atoms with Crippen LogP contribution in [0, 0.1) is 11.2 Å². The number of nitrogens with zero attached hydrogens (tertiary/aromatic N) is 3. The first kappa shape index (κ1) is 21.2. The minimum Gasteiger partial charge on any atom is -0.493 e. The summed E-state index contributed by atoms with van der Waals surface area (Å²) in [6, 6.07) is 8.18. The molecule has 0 unspecified atom stereocenters. The molecule has 2 fully saturated rings. The molecule has 0 atom stereocenters. The van der Waals surface area contributed by atoms with Crippen molar-refractivity contribution in [2.75, 3.05) is 38.7 Å². The topological polar surface area (TPSA) is 59.5 Å². The van der Waals surface area contributed by atoms with Gasteiger partial charge in [-0.25, -0.2) is 14.4 Å². The first-order chi connectivity index (χ1) is 15.5. The summed E-state index contributed by atoms with van der Waals surface area (Å²) in [4.78, 5) is 11.3. The van der Waals surface area contributed by atoms with Crippen LogP contribution in [0.2, 0.25) is 5.02 Å². The van der Waals surface area contributed by atoms with Gasteiger partial charge in [0.15, 0.2) is 11.5 Å². The van der Waals surface area contributed by atoms with Crippen molar-refractivity contribution in [3.63, 3.8) is 0 Å². The monoisotopic (exact) mass is 456 g/mol. The van der Waals surface area contributed by atoms with Crippen LogP contribution >= 0.6 is 11.6 Å². The van der Waals surface area contributed by atoms with Crippen molar-refractivity contribution >= 4 is 34.0 Å². The average Bonchev–Trinajstić information content (AvgIpc) is 3.43. The zero-order valence-corrected chi connectivity index (χ0v) is 18.8. The molecule has 2 aromatic carbocycles. The Hall–Kier alpha value is -2.64. The van der Waals surface area contributed by atoms with E-state index in [1.807, 2.05) is 12.1 Å². The van der Waals surface area contributed by atoms with Gasteiger partial charge in [0.05, 0.1) is 24.3 Å². The van der Waals surface area contributed by atoms with E-state index >= 15 is 0 Å². The van der Waals surface area contributed by atoms with Crippen LogP contribution in [-0.2, 0) is 0 Å². The molecule has 168 valence electrons. The van der Waals surface area contributed by atoms with Crippen LogP contribution in [0.5, 0.6) is 11.5 Å². The summed E-state index contributed by atoms with van der Waals surface area (Å²) < 4.78 is 25.1. The zero-order valence-electron chi connectivity index (χ0n) is 18.0. The van der Waals surface area contributed by atoms with Crippen LogP contribution in [-0.4, -0.2) is 48.2 Å². The van der Waals surface area contributed by atoms with Crippen LogP contribution in [0.25, 0.3) is 10.9 Å². The lowest BCUT2D eigenvalue weighted by atomic mass is 10.1. The molecule has 8 heteroatoms. The highest BCUT2D eigenvalue weighted by Gasteiger charge is 2.47. The standard InChI is InChI=1S/C24H26ClFN4O2/c1-31-21-13-20-17(23(28-15-27-20)29-16-3-4-19(26)18(25)11-16)12-22(21)32-10-2-8-30-9-7-24(14-30)5-6-24/h3-4,11-13,15H,2,5-10,14H2,1H3,(H,27,28,29). The van der Waals surface area contributed by atoms with Crippen LogP contribution in [0.3, 0.4) is 0 Å². The Morgan fingerprint density at radius 3 is 2.78 bits per heavy atom. The SMILES string of the molecule is COc1cc2ncnc(Nc3ccc(F)c(Cl)c3)c2cc1OCCCN1CCC2(CC2)C1. The van der Waals surface area contributed by atoms with Gasteiger partial charge >= 0.3 is 0 Å². The molecule has 0 amide bonds. The van der Waals surface area contributed by atoms with Crippen molar-refractivity contribution in [3.05, 3.63) is 47.5 Å². The molecule has 0 radical (unpaired) electrons. The largest absolute Gasteiger partial charge is 0.493 e. The third-order valence-corrected chi connectivity index (χ3v) is 6.74. The average molecular weight is 457 g/mol. The summed E-state index contributed by atoms with van der Waals surface area (Å²) in [5.41, 5.74) is 2.00. The molecule has 2 aliphatic rings. The Kier molecular flexibility index (Phi) is 5.78. The van der Waals surface area contributed by atoms with Gasteiger partial charge in [0, 0.05) is 30.2 Å². The molecule has 1 saturated heterocycles. The van der Waals surface area contributed by atoms with Crippen molar-refractivity contribution in [2.45, 2.75) is 25.7 Å². The molecule has 2 heterocycles. The fourth-order valence-electron chi connectivity index (χ4n) is 4.42. The van der Waals surface area contributed by atoms with Gasteiger partial charge in [-0.15, -0.1) is 0 Å². The predicted molar refractivity (Wildman–Crippen MR) is 124 cm³/mol. The highest BCUT2D eigenvalue weighted by molar-refractivity contribution is 6.31. The number of anilines is 2. The van der Waals surface area contributed by atoms with E-state index in [-0.39, 0.29) is 5.02 Å². The van der Waals surface area contributed by atoms with Crippen LogP contribution in [0.1, 0.15) is 25.7 Å². The number of fused-ring (bicyclic) bond motifs is 1. The summed E-state index contributed by atoms with van der Waals surface area (Å²) >= 11 is 5.91. The summed E-state index contributed by atoms with van der Waals surface area (Å²) in [6.45, 7) is 4.11. The molecule has 1 aromatic heterocycles. The normalized spacial score (nSPS) is 17.1. The molecule has 32 heavy (non-hydrogen) atoms. The molecule has 1 aliphatic heterocycles. The van der Waals surface area contributed by atoms with Gasteiger partial charge in [-0.05, 0) is 61.9 Å². The number of likely N-dealkylation sites (tertiary alicyclic amines) is 1. The number of methoxy groups -OCH3 is 1. The van der Waals surface area contributed by atoms with Crippen molar-refractivity contribution in [2.24, 2.45) is 5.41 Å².